The van der Waals surface area contributed by atoms with Gasteiger partial charge in [0, 0.05) is 10.9 Å². The molecule has 0 spiro atoms. The van der Waals surface area contributed by atoms with Crippen LogP contribution in [0.15, 0.2) is 18.2 Å². The first-order chi connectivity index (χ1) is 7.66. The van der Waals surface area contributed by atoms with Gasteiger partial charge in [-0.15, -0.1) is 0 Å². The van der Waals surface area contributed by atoms with Crippen LogP contribution in [0.4, 0.5) is 4.39 Å². The van der Waals surface area contributed by atoms with Crippen LogP contribution in [0, 0.1) is 5.82 Å². The fourth-order valence-corrected chi connectivity index (χ4v) is 1.81. The predicted molar refractivity (Wildman–Crippen MR) is 54.9 cm³/mol. The fourth-order valence-electron chi connectivity index (χ4n) is 1.81. The van der Waals surface area contributed by atoms with Gasteiger partial charge in [-0.1, -0.05) is 0 Å². The van der Waals surface area contributed by atoms with Crippen molar-refractivity contribution in [1.29, 1.82) is 0 Å². The minimum absolute atomic E-state index is 0.0353. The number of hydrogen-bond acceptors (Lipinski definition) is 2. The highest BCUT2D eigenvalue weighted by molar-refractivity contribution is 6.14. The first kappa shape index (κ1) is 8.90. The van der Waals surface area contributed by atoms with Crippen LogP contribution in [0.3, 0.4) is 0 Å². The number of carboxylic acid groups (broad SMARTS) is 1. The molecule has 1 aromatic carbocycles. The molecule has 3 rings (SSSR count). The molecule has 0 fully saturated rings. The van der Waals surface area contributed by atoms with E-state index in [1.54, 1.807) is 6.07 Å². The summed E-state index contributed by atoms with van der Waals surface area (Å²) < 4.78 is 13.1. The van der Waals surface area contributed by atoms with Crippen molar-refractivity contribution in [3.63, 3.8) is 0 Å². The summed E-state index contributed by atoms with van der Waals surface area (Å²) >= 11 is 0. The summed E-state index contributed by atoms with van der Waals surface area (Å²) in [5.41, 5.74) is 1.04. The largest absolute Gasteiger partial charge is 0.477 e. The van der Waals surface area contributed by atoms with Gasteiger partial charge in [0.25, 0.3) is 0 Å². The summed E-state index contributed by atoms with van der Waals surface area (Å²) in [5, 5.41) is 16.1. The van der Waals surface area contributed by atoms with Gasteiger partial charge in [-0.25, -0.2) is 9.18 Å². The molecule has 0 saturated heterocycles. The van der Waals surface area contributed by atoms with Crippen LogP contribution in [0.2, 0.25) is 0 Å². The van der Waals surface area contributed by atoms with Crippen molar-refractivity contribution >= 4 is 27.9 Å². The number of hydrogen-bond donors (Lipinski definition) is 3. The summed E-state index contributed by atoms with van der Waals surface area (Å²) in [5.74, 6) is -1.53. The maximum atomic E-state index is 13.1. The molecule has 0 atom stereocenters. The lowest BCUT2D eigenvalue weighted by atomic mass is 10.2. The second-order valence-electron chi connectivity index (χ2n) is 3.44. The van der Waals surface area contributed by atoms with Crippen molar-refractivity contribution in [3.8, 4) is 0 Å². The standard InChI is InChI=1S/C10H6FN3O2/c11-4-1-2-6-5(3-4)7-8(10(15)16)13-14-9(7)12-6/h1-3H,(H,15,16)(H2,12,13,14). The average Bonchev–Trinajstić information content (AvgIpc) is 2.76. The number of H-pyrrole nitrogens is 2. The number of aromatic amines is 2. The van der Waals surface area contributed by atoms with Gasteiger partial charge in [-0.05, 0) is 18.2 Å². The number of nitrogens with one attached hydrogen (secondary N) is 2. The Labute approximate surface area is 87.9 Å². The molecule has 0 unspecified atom stereocenters. The van der Waals surface area contributed by atoms with Crippen molar-refractivity contribution in [2.45, 2.75) is 0 Å². The molecule has 3 aromatic rings. The Bertz CT molecular complexity index is 713. The molecular formula is C10H6FN3O2. The van der Waals surface area contributed by atoms with Crippen LogP contribution in [0.1, 0.15) is 10.5 Å². The van der Waals surface area contributed by atoms with E-state index >= 15 is 0 Å². The molecule has 2 aromatic heterocycles. The third-order valence-electron chi connectivity index (χ3n) is 2.48. The van der Waals surface area contributed by atoms with E-state index in [2.05, 4.69) is 15.2 Å². The lowest BCUT2D eigenvalue weighted by Gasteiger charge is -1.92. The Morgan fingerprint density at radius 2 is 2.25 bits per heavy atom. The van der Waals surface area contributed by atoms with E-state index in [0.717, 1.165) is 0 Å². The Kier molecular flexibility index (Phi) is 1.57. The molecule has 3 N–H and O–H groups in total. The zero-order chi connectivity index (χ0) is 11.3. The van der Waals surface area contributed by atoms with Gasteiger partial charge in [0.15, 0.2) is 11.3 Å². The number of carbonyl (C=O) groups is 1. The minimum Gasteiger partial charge on any atom is -0.477 e. The minimum atomic E-state index is -1.12. The number of benzene rings is 1. The zero-order valence-corrected chi connectivity index (χ0v) is 7.91. The molecule has 0 aliphatic carbocycles. The molecule has 0 amide bonds. The van der Waals surface area contributed by atoms with E-state index in [0.29, 0.717) is 21.9 Å². The van der Waals surface area contributed by atoms with E-state index in [-0.39, 0.29) is 5.69 Å². The van der Waals surface area contributed by atoms with Gasteiger partial charge in [0.05, 0.1) is 5.39 Å². The molecular weight excluding hydrogens is 213 g/mol. The van der Waals surface area contributed by atoms with Crippen molar-refractivity contribution in [1.82, 2.24) is 15.2 Å². The average molecular weight is 219 g/mol. The van der Waals surface area contributed by atoms with Crippen LogP contribution in [0.5, 0.6) is 0 Å². The van der Waals surface area contributed by atoms with Crippen molar-refractivity contribution in [2.24, 2.45) is 0 Å². The van der Waals surface area contributed by atoms with Gasteiger partial charge >= 0.3 is 5.97 Å². The summed E-state index contributed by atoms with van der Waals surface area (Å²) in [6, 6.07) is 4.15. The Morgan fingerprint density at radius 1 is 1.44 bits per heavy atom. The number of rotatable bonds is 1. The Balaban J connectivity index is 2.52. The van der Waals surface area contributed by atoms with Gasteiger partial charge in [0.2, 0.25) is 0 Å². The lowest BCUT2D eigenvalue weighted by molar-refractivity contribution is 0.0692. The quantitative estimate of drug-likeness (QED) is 0.584. The number of nitrogens with zero attached hydrogens (tertiary/aromatic N) is 1. The van der Waals surface area contributed by atoms with Crippen LogP contribution >= 0.6 is 0 Å². The van der Waals surface area contributed by atoms with E-state index in [4.69, 9.17) is 5.11 Å². The Hall–Kier alpha value is -2.37. The summed E-state index contributed by atoms with van der Waals surface area (Å²) in [4.78, 5) is 13.8. The van der Waals surface area contributed by atoms with Crippen LogP contribution < -0.4 is 0 Å². The van der Waals surface area contributed by atoms with E-state index < -0.39 is 11.8 Å². The van der Waals surface area contributed by atoms with Crippen molar-refractivity contribution in [2.75, 3.05) is 0 Å². The first-order valence-electron chi connectivity index (χ1n) is 4.55. The second-order valence-corrected chi connectivity index (χ2v) is 3.44. The molecule has 2 heterocycles. The fraction of sp³-hybridized carbons (Fsp3) is 0. The van der Waals surface area contributed by atoms with Gasteiger partial charge < -0.3 is 10.1 Å². The van der Waals surface area contributed by atoms with Gasteiger partial charge in [-0.3, -0.25) is 5.10 Å². The predicted octanol–water partition coefficient (Wildman–Crippen LogP) is 1.88. The number of fused-ring (bicyclic) bond motifs is 3. The highest BCUT2D eigenvalue weighted by Crippen LogP contribution is 2.27. The van der Waals surface area contributed by atoms with E-state index in [1.165, 1.54) is 12.1 Å². The van der Waals surface area contributed by atoms with Gasteiger partial charge in [-0.2, -0.15) is 5.10 Å². The van der Waals surface area contributed by atoms with Gasteiger partial charge in [0.1, 0.15) is 5.82 Å². The third-order valence-corrected chi connectivity index (χ3v) is 2.48. The number of aromatic nitrogens is 3. The topological polar surface area (TPSA) is 81.8 Å². The molecule has 80 valence electrons. The number of aromatic carboxylic acids is 1. The molecule has 6 heteroatoms. The molecule has 0 bridgehead atoms. The maximum absolute atomic E-state index is 13.1. The second kappa shape index (κ2) is 2.82. The van der Waals surface area contributed by atoms with Crippen LogP contribution in [0.25, 0.3) is 21.9 Å². The first-order valence-corrected chi connectivity index (χ1v) is 4.55. The molecule has 0 aliphatic heterocycles. The normalized spacial score (nSPS) is 11.3. The Morgan fingerprint density at radius 3 is 3.00 bits per heavy atom. The number of halogens is 1. The molecule has 0 radical (unpaired) electrons. The number of carboxylic acids is 1. The SMILES string of the molecule is O=C(O)c1[nH]nc2[nH]c3ccc(F)cc3c12. The highest BCUT2D eigenvalue weighted by atomic mass is 19.1. The molecule has 0 saturated carbocycles. The molecule has 16 heavy (non-hydrogen) atoms. The lowest BCUT2D eigenvalue weighted by Crippen LogP contribution is -1.96. The van der Waals surface area contributed by atoms with Crippen molar-refractivity contribution in [3.05, 3.63) is 29.7 Å². The van der Waals surface area contributed by atoms with E-state index in [9.17, 15) is 9.18 Å². The maximum Gasteiger partial charge on any atom is 0.354 e. The van der Waals surface area contributed by atoms with Crippen LogP contribution in [-0.2, 0) is 0 Å². The third kappa shape index (κ3) is 1.04. The zero-order valence-electron chi connectivity index (χ0n) is 7.91. The summed E-state index contributed by atoms with van der Waals surface area (Å²) in [6.45, 7) is 0. The molecule has 0 aliphatic rings. The summed E-state index contributed by atoms with van der Waals surface area (Å²) in [7, 11) is 0. The highest BCUT2D eigenvalue weighted by Gasteiger charge is 2.17. The van der Waals surface area contributed by atoms with Crippen LogP contribution in [-0.4, -0.2) is 26.3 Å². The smallest absolute Gasteiger partial charge is 0.354 e. The van der Waals surface area contributed by atoms with E-state index in [1.807, 2.05) is 0 Å². The molecule has 5 nitrogen and oxygen atoms in total. The van der Waals surface area contributed by atoms with Crippen molar-refractivity contribution < 1.29 is 14.3 Å². The summed E-state index contributed by atoms with van der Waals surface area (Å²) in [6.07, 6.45) is 0. The monoisotopic (exact) mass is 219 g/mol.